The lowest BCUT2D eigenvalue weighted by atomic mass is 10.1. The summed E-state index contributed by atoms with van der Waals surface area (Å²) in [6, 6.07) is 11.8. The zero-order chi connectivity index (χ0) is 18.4. The van der Waals surface area contributed by atoms with Gasteiger partial charge >= 0.3 is 0 Å². The number of nitro groups is 1. The molecule has 0 radical (unpaired) electrons. The molecular formula is C18H19N3O4. The predicted octanol–water partition coefficient (Wildman–Crippen LogP) is 3.41. The van der Waals surface area contributed by atoms with Gasteiger partial charge < -0.3 is 10.6 Å². The summed E-state index contributed by atoms with van der Waals surface area (Å²) >= 11 is 0. The number of benzene rings is 2. The van der Waals surface area contributed by atoms with Crippen molar-refractivity contribution in [3.8, 4) is 0 Å². The van der Waals surface area contributed by atoms with Crippen LogP contribution in [0.3, 0.4) is 0 Å². The van der Waals surface area contributed by atoms with Gasteiger partial charge in [-0.25, -0.2) is 0 Å². The molecule has 0 aliphatic carbocycles. The maximum atomic E-state index is 11.4. The molecular weight excluding hydrogens is 322 g/mol. The highest BCUT2D eigenvalue weighted by Gasteiger charge is 2.15. The van der Waals surface area contributed by atoms with E-state index >= 15 is 0 Å². The first-order chi connectivity index (χ1) is 11.9. The highest BCUT2D eigenvalue weighted by molar-refractivity contribution is 5.95. The van der Waals surface area contributed by atoms with Crippen LogP contribution in [0, 0.1) is 10.1 Å². The van der Waals surface area contributed by atoms with E-state index in [2.05, 4.69) is 10.6 Å². The fourth-order valence-corrected chi connectivity index (χ4v) is 2.35. The second-order valence-electron chi connectivity index (χ2n) is 5.60. The average molecular weight is 341 g/mol. The van der Waals surface area contributed by atoms with Crippen LogP contribution in [0.15, 0.2) is 42.5 Å². The highest BCUT2D eigenvalue weighted by atomic mass is 16.6. The third-order valence-electron chi connectivity index (χ3n) is 3.60. The summed E-state index contributed by atoms with van der Waals surface area (Å²) in [5, 5.41) is 16.9. The molecule has 0 aromatic heterocycles. The van der Waals surface area contributed by atoms with E-state index in [1.165, 1.54) is 19.9 Å². The van der Waals surface area contributed by atoms with Crippen molar-refractivity contribution in [3.63, 3.8) is 0 Å². The number of hydrogen-bond acceptors (Lipinski definition) is 5. The summed E-state index contributed by atoms with van der Waals surface area (Å²) in [5.41, 5.74) is 2.33. The number of Topliss-reactive ketones (excluding diaryl/α,β-unsaturated/α-hetero) is 1. The van der Waals surface area contributed by atoms with Crippen molar-refractivity contribution in [2.75, 3.05) is 17.2 Å². The largest absolute Gasteiger partial charge is 0.379 e. The highest BCUT2D eigenvalue weighted by Crippen LogP contribution is 2.25. The van der Waals surface area contributed by atoms with E-state index in [9.17, 15) is 19.7 Å². The summed E-state index contributed by atoms with van der Waals surface area (Å²) < 4.78 is 0. The lowest BCUT2D eigenvalue weighted by Gasteiger charge is -2.09. The molecule has 0 aliphatic heterocycles. The Hall–Kier alpha value is -3.22. The van der Waals surface area contributed by atoms with Gasteiger partial charge in [0.2, 0.25) is 5.91 Å². The number of carbonyl (C=O) groups is 2. The van der Waals surface area contributed by atoms with Crippen molar-refractivity contribution in [1.82, 2.24) is 0 Å². The van der Waals surface area contributed by atoms with Gasteiger partial charge in [0.15, 0.2) is 5.78 Å². The fraction of sp³-hybridized carbons (Fsp3) is 0.222. The summed E-state index contributed by atoms with van der Waals surface area (Å²) in [4.78, 5) is 33.0. The first kappa shape index (κ1) is 18.1. The number of nitro benzene ring substituents is 1. The molecule has 0 bridgehead atoms. The number of nitrogens with one attached hydrogen (secondary N) is 2. The first-order valence-corrected chi connectivity index (χ1v) is 7.76. The van der Waals surface area contributed by atoms with Crippen LogP contribution in [0.4, 0.5) is 17.1 Å². The van der Waals surface area contributed by atoms with Gasteiger partial charge in [-0.3, -0.25) is 19.7 Å². The molecule has 0 saturated heterocycles. The van der Waals surface area contributed by atoms with Crippen LogP contribution in [0.5, 0.6) is 0 Å². The maximum Gasteiger partial charge on any atom is 0.293 e. The van der Waals surface area contributed by atoms with Crippen molar-refractivity contribution in [3.05, 3.63) is 63.7 Å². The predicted molar refractivity (Wildman–Crippen MR) is 96.0 cm³/mol. The van der Waals surface area contributed by atoms with E-state index < -0.39 is 4.92 Å². The van der Waals surface area contributed by atoms with Crippen LogP contribution < -0.4 is 10.6 Å². The van der Waals surface area contributed by atoms with Gasteiger partial charge in [-0.2, -0.15) is 0 Å². The Morgan fingerprint density at radius 1 is 1.08 bits per heavy atom. The number of rotatable bonds is 7. The number of hydrogen-bond donors (Lipinski definition) is 2. The summed E-state index contributed by atoms with van der Waals surface area (Å²) in [5.74, 6) is -0.343. The molecule has 0 unspecified atom stereocenters. The van der Waals surface area contributed by atoms with Crippen molar-refractivity contribution in [2.24, 2.45) is 0 Å². The van der Waals surface area contributed by atoms with Gasteiger partial charge in [0, 0.05) is 30.8 Å². The van der Waals surface area contributed by atoms with E-state index in [-0.39, 0.29) is 17.4 Å². The number of ketones is 1. The topological polar surface area (TPSA) is 101 Å². The third kappa shape index (κ3) is 5.13. The second-order valence-corrected chi connectivity index (χ2v) is 5.60. The summed E-state index contributed by atoms with van der Waals surface area (Å²) in [6.07, 6.45) is 0.659. The van der Waals surface area contributed by atoms with Crippen molar-refractivity contribution >= 4 is 28.8 Å². The number of amides is 1. The lowest BCUT2D eigenvalue weighted by molar-refractivity contribution is -0.384. The molecule has 0 saturated carbocycles. The minimum Gasteiger partial charge on any atom is -0.379 e. The Morgan fingerprint density at radius 2 is 1.76 bits per heavy atom. The van der Waals surface area contributed by atoms with Gasteiger partial charge in [0.25, 0.3) is 5.69 Å². The van der Waals surface area contributed by atoms with Gasteiger partial charge in [-0.15, -0.1) is 0 Å². The van der Waals surface area contributed by atoms with Crippen molar-refractivity contribution in [1.29, 1.82) is 0 Å². The fourth-order valence-electron chi connectivity index (χ4n) is 2.35. The van der Waals surface area contributed by atoms with Gasteiger partial charge in [-0.05, 0) is 43.2 Å². The molecule has 0 atom stereocenters. The molecule has 0 aliphatic rings. The monoisotopic (exact) mass is 341 g/mol. The van der Waals surface area contributed by atoms with Crippen molar-refractivity contribution < 1.29 is 14.5 Å². The number of nitrogens with zero attached hydrogens (tertiary/aromatic N) is 1. The molecule has 2 aromatic carbocycles. The number of carbonyl (C=O) groups excluding carboxylic acids is 2. The standard InChI is InChI=1S/C18H19N3O4/c1-12(22)15-5-8-17(18(11-15)21(24)25)19-10-9-14-3-6-16(7-4-14)20-13(2)23/h3-8,11,19H,9-10H2,1-2H3,(H,20,23). The zero-order valence-corrected chi connectivity index (χ0v) is 14.0. The molecule has 130 valence electrons. The SMILES string of the molecule is CC(=O)Nc1ccc(CCNc2ccc(C(C)=O)cc2[N+](=O)[O-])cc1. The van der Waals surface area contributed by atoms with E-state index in [1.54, 1.807) is 24.3 Å². The molecule has 0 spiro atoms. The van der Waals surface area contributed by atoms with Gasteiger partial charge in [0.05, 0.1) is 4.92 Å². The molecule has 2 N–H and O–H groups in total. The molecule has 1 amide bonds. The molecule has 0 heterocycles. The molecule has 7 nitrogen and oxygen atoms in total. The van der Waals surface area contributed by atoms with Crippen LogP contribution in [-0.4, -0.2) is 23.2 Å². The Bertz CT molecular complexity index is 800. The smallest absolute Gasteiger partial charge is 0.293 e. The van der Waals surface area contributed by atoms with E-state index in [0.717, 1.165) is 11.3 Å². The van der Waals surface area contributed by atoms with E-state index in [0.29, 0.717) is 24.2 Å². The Labute approximate surface area is 145 Å². The second kappa shape index (κ2) is 8.05. The Balaban J connectivity index is 2.00. The molecule has 7 heteroatoms. The van der Waals surface area contributed by atoms with E-state index in [4.69, 9.17) is 0 Å². The maximum absolute atomic E-state index is 11.4. The number of anilines is 2. The summed E-state index contributed by atoms with van der Waals surface area (Å²) in [7, 11) is 0. The molecule has 0 fully saturated rings. The lowest BCUT2D eigenvalue weighted by Crippen LogP contribution is -2.08. The first-order valence-electron chi connectivity index (χ1n) is 7.76. The molecule has 2 aromatic rings. The quantitative estimate of drug-likeness (QED) is 0.456. The normalized spacial score (nSPS) is 10.2. The average Bonchev–Trinajstić information content (AvgIpc) is 2.55. The minimum absolute atomic E-state index is 0.117. The van der Waals surface area contributed by atoms with Crippen LogP contribution in [-0.2, 0) is 11.2 Å². The Kier molecular flexibility index (Phi) is 5.84. The Morgan fingerprint density at radius 3 is 2.32 bits per heavy atom. The third-order valence-corrected chi connectivity index (χ3v) is 3.60. The van der Waals surface area contributed by atoms with Crippen LogP contribution in [0.2, 0.25) is 0 Å². The van der Waals surface area contributed by atoms with Crippen LogP contribution >= 0.6 is 0 Å². The van der Waals surface area contributed by atoms with Crippen LogP contribution in [0.1, 0.15) is 29.8 Å². The summed E-state index contributed by atoms with van der Waals surface area (Å²) in [6.45, 7) is 3.32. The van der Waals surface area contributed by atoms with Crippen LogP contribution in [0.25, 0.3) is 0 Å². The van der Waals surface area contributed by atoms with Gasteiger partial charge in [0.1, 0.15) is 5.69 Å². The minimum atomic E-state index is -0.503. The van der Waals surface area contributed by atoms with Gasteiger partial charge in [-0.1, -0.05) is 12.1 Å². The molecule has 2 rings (SSSR count). The zero-order valence-electron chi connectivity index (χ0n) is 14.0. The van der Waals surface area contributed by atoms with Crippen molar-refractivity contribution in [2.45, 2.75) is 20.3 Å². The van der Waals surface area contributed by atoms with E-state index in [1.807, 2.05) is 12.1 Å². The molecule has 25 heavy (non-hydrogen) atoms.